The number of likely N-dealkylation sites (tertiary alicyclic amines) is 1. The van der Waals surface area contributed by atoms with Crippen molar-refractivity contribution < 1.29 is 22.7 Å². The Hall–Kier alpha value is -4.05. The molecule has 0 unspecified atom stereocenters. The highest BCUT2D eigenvalue weighted by Crippen LogP contribution is 2.38. The molecule has 1 aliphatic rings. The number of nitrogens with one attached hydrogen (secondary N) is 1. The number of ether oxygens (including phenoxy) is 2. The van der Waals surface area contributed by atoms with Crippen LogP contribution in [0.4, 0.5) is 4.79 Å². The summed E-state index contributed by atoms with van der Waals surface area (Å²) in [4.78, 5) is 30.0. The van der Waals surface area contributed by atoms with Crippen molar-refractivity contribution in [3.8, 4) is 22.6 Å². The Morgan fingerprint density at radius 3 is 2.50 bits per heavy atom. The Morgan fingerprint density at radius 1 is 1.05 bits per heavy atom. The molecule has 0 radical (unpaired) electrons. The molecular formula is C34H41N3O6S. The summed E-state index contributed by atoms with van der Waals surface area (Å²) in [5.74, 6) is 1.72. The second kappa shape index (κ2) is 12.5. The van der Waals surface area contributed by atoms with E-state index in [1.165, 1.54) is 10.8 Å². The zero-order chi connectivity index (χ0) is 31.6. The number of aromatic nitrogens is 2. The number of carbonyl (C=O) groups is 1. The van der Waals surface area contributed by atoms with Crippen LogP contribution >= 0.6 is 0 Å². The quantitative estimate of drug-likeness (QED) is 0.235. The van der Waals surface area contributed by atoms with Crippen LogP contribution in [-0.2, 0) is 28.0 Å². The second-order valence-corrected chi connectivity index (χ2v) is 14.7. The van der Waals surface area contributed by atoms with Crippen LogP contribution in [0.2, 0.25) is 0 Å². The third-order valence-electron chi connectivity index (χ3n) is 8.03. The Labute approximate surface area is 258 Å². The lowest BCUT2D eigenvalue weighted by Gasteiger charge is -2.33. The fraction of sp³-hybridized carbons (Fsp3) is 0.412. The first-order chi connectivity index (χ1) is 20.8. The molecule has 0 saturated carbocycles. The van der Waals surface area contributed by atoms with E-state index < -0.39 is 15.4 Å². The number of nitrogens with zero attached hydrogens (tertiary/aromatic N) is 2. The van der Waals surface area contributed by atoms with Crippen LogP contribution in [0, 0.1) is 5.92 Å². The fourth-order valence-corrected chi connectivity index (χ4v) is 6.39. The van der Waals surface area contributed by atoms with Crippen molar-refractivity contribution >= 4 is 26.8 Å². The van der Waals surface area contributed by atoms with Gasteiger partial charge in [-0.25, -0.2) is 13.2 Å². The van der Waals surface area contributed by atoms with Gasteiger partial charge < -0.3 is 23.9 Å². The number of hydrogen-bond donors (Lipinski definition) is 1. The number of sulfone groups is 1. The maximum absolute atomic E-state index is 12.7. The molecular weight excluding hydrogens is 578 g/mol. The molecule has 0 atom stereocenters. The number of amides is 1. The molecule has 2 aromatic heterocycles. The highest BCUT2D eigenvalue weighted by Gasteiger charge is 2.26. The van der Waals surface area contributed by atoms with Gasteiger partial charge in [0.25, 0.3) is 5.56 Å². The van der Waals surface area contributed by atoms with Crippen molar-refractivity contribution in [2.45, 2.75) is 63.4 Å². The third kappa shape index (κ3) is 7.35. The van der Waals surface area contributed by atoms with E-state index >= 15 is 0 Å². The van der Waals surface area contributed by atoms with E-state index in [4.69, 9.17) is 9.47 Å². The summed E-state index contributed by atoms with van der Waals surface area (Å²) in [6, 6.07) is 14.6. The van der Waals surface area contributed by atoms with E-state index in [0.29, 0.717) is 39.4 Å². The number of aromatic amines is 1. The predicted octanol–water partition coefficient (Wildman–Crippen LogP) is 6.70. The first-order valence-corrected chi connectivity index (χ1v) is 16.9. The van der Waals surface area contributed by atoms with Crippen molar-refractivity contribution in [2.24, 2.45) is 13.0 Å². The highest BCUT2D eigenvalue weighted by atomic mass is 32.2. The molecule has 3 heterocycles. The average Bonchev–Trinajstić information content (AvgIpc) is 3.45. The van der Waals surface area contributed by atoms with Gasteiger partial charge in [0.15, 0.2) is 9.84 Å². The zero-order valence-electron chi connectivity index (χ0n) is 26.1. The number of rotatable bonds is 8. The normalized spacial score (nSPS) is 14.6. The van der Waals surface area contributed by atoms with Crippen LogP contribution in [0.1, 0.15) is 52.0 Å². The van der Waals surface area contributed by atoms with Gasteiger partial charge in [-0.05, 0) is 101 Å². The smallest absolute Gasteiger partial charge is 0.410 e. The molecule has 1 aliphatic heterocycles. The van der Waals surface area contributed by atoms with Crippen LogP contribution in [0.25, 0.3) is 22.0 Å². The summed E-state index contributed by atoms with van der Waals surface area (Å²) in [5, 5.41) is 0.689. The number of aryl methyl sites for hydroxylation is 2. The summed E-state index contributed by atoms with van der Waals surface area (Å²) < 4.78 is 38.3. The number of fused-ring (bicyclic) bond motifs is 1. The fourth-order valence-electron chi connectivity index (χ4n) is 5.74. The minimum absolute atomic E-state index is 0.170. The number of benzene rings is 2. The minimum atomic E-state index is -3.48. The molecule has 10 heteroatoms. The van der Waals surface area contributed by atoms with Crippen LogP contribution in [0.15, 0.2) is 70.6 Å². The Kier molecular flexibility index (Phi) is 8.92. The Balaban J connectivity index is 1.28. The van der Waals surface area contributed by atoms with E-state index in [0.717, 1.165) is 50.8 Å². The number of pyridine rings is 1. The number of piperidine rings is 1. The van der Waals surface area contributed by atoms with E-state index in [-0.39, 0.29) is 16.5 Å². The third-order valence-corrected chi connectivity index (χ3v) is 9.14. The lowest BCUT2D eigenvalue weighted by Crippen LogP contribution is -2.41. The summed E-state index contributed by atoms with van der Waals surface area (Å²) in [6.45, 7) is 7.13. The van der Waals surface area contributed by atoms with E-state index in [1.807, 2.05) is 49.9 Å². The van der Waals surface area contributed by atoms with Crippen LogP contribution in [0.3, 0.4) is 0 Å². The molecule has 44 heavy (non-hydrogen) atoms. The molecule has 0 spiro atoms. The summed E-state index contributed by atoms with van der Waals surface area (Å²) in [5.41, 5.74) is 2.21. The van der Waals surface area contributed by atoms with Crippen molar-refractivity contribution in [3.05, 3.63) is 76.8 Å². The van der Waals surface area contributed by atoms with E-state index in [2.05, 4.69) is 11.1 Å². The molecule has 4 aromatic rings. The summed E-state index contributed by atoms with van der Waals surface area (Å²) in [7, 11) is -1.81. The predicted molar refractivity (Wildman–Crippen MR) is 172 cm³/mol. The van der Waals surface area contributed by atoms with Gasteiger partial charge >= 0.3 is 6.09 Å². The largest absolute Gasteiger partial charge is 0.457 e. The monoisotopic (exact) mass is 619 g/mol. The highest BCUT2D eigenvalue weighted by molar-refractivity contribution is 7.90. The molecule has 1 N–H and O–H groups in total. The zero-order valence-corrected chi connectivity index (χ0v) is 26.9. The minimum Gasteiger partial charge on any atom is -0.457 e. The molecule has 5 rings (SSSR count). The summed E-state index contributed by atoms with van der Waals surface area (Å²) in [6.07, 6.45) is 9.33. The van der Waals surface area contributed by atoms with Gasteiger partial charge in [-0.15, -0.1) is 0 Å². The van der Waals surface area contributed by atoms with Gasteiger partial charge in [0.1, 0.15) is 22.6 Å². The Bertz CT molecular complexity index is 1830. The molecule has 0 bridgehead atoms. The van der Waals surface area contributed by atoms with Gasteiger partial charge in [-0.3, -0.25) is 4.79 Å². The van der Waals surface area contributed by atoms with Crippen molar-refractivity contribution in [2.75, 3.05) is 19.3 Å². The average molecular weight is 620 g/mol. The van der Waals surface area contributed by atoms with Crippen molar-refractivity contribution in [1.82, 2.24) is 14.5 Å². The second-order valence-electron chi connectivity index (χ2n) is 12.7. The van der Waals surface area contributed by atoms with Crippen molar-refractivity contribution in [3.63, 3.8) is 0 Å². The standard InChI is InChI=1S/C34H41N3O6S/c1-34(2,3)43-33(39)37-18-15-23(16-19-37)8-6-9-24-10-7-11-25(20-24)42-30-13-12-26(44(5,40)41)21-28(30)29-22-36(4)32(38)31-27(29)14-17-35-31/h7,10-14,17,20-23,35H,6,8-9,15-16,18-19H2,1-5H3. The van der Waals surface area contributed by atoms with Gasteiger partial charge in [-0.2, -0.15) is 0 Å². The molecule has 1 saturated heterocycles. The topological polar surface area (TPSA) is 111 Å². The van der Waals surface area contributed by atoms with E-state index in [1.54, 1.807) is 37.6 Å². The van der Waals surface area contributed by atoms with Gasteiger partial charge in [0, 0.05) is 55.3 Å². The van der Waals surface area contributed by atoms with Crippen LogP contribution in [0.5, 0.6) is 11.5 Å². The van der Waals surface area contributed by atoms with E-state index in [9.17, 15) is 18.0 Å². The lowest BCUT2D eigenvalue weighted by molar-refractivity contribution is 0.0180. The van der Waals surface area contributed by atoms with Crippen LogP contribution < -0.4 is 10.3 Å². The number of hydrogen-bond acceptors (Lipinski definition) is 6. The molecule has 1 amide bonds. The lowest BCUT2D eigenvalue weighted by atomic mass is 9.91. The first kappa shape index (κ1) is 31.4. The molecule has 2 aromatic carbocycles. The van der Waals surface area contributed by atoms with Gasteiger partial charge in [0.05, 0.1) is 4.90 Å². The molecule has 234 valence electrons. The number of H-pyrrole nitrogens is 1. The first-order valence-electron chi connectivity index (χ1n) is 15.0. The maximum atomic E-state index is 12.7. The van der Waals surface area contributed by atoms with Gasteiger partial charge in [0.2, 0.25) is 0 Å². The van der Waals surface area contributed by atoms with Crippen molar-refractivity contribution in [1.29, 1.82) is 0 Å². The van der Waals surface area contributed by atoms with Gasteiger partial charge in [-0.1, -0.05) is 12.1 Å². The SMILES string of the molecule is Cn1cc(-c2cc(S(C)(=O)=O)ccc2Oc2cccc(CCCC3CCN(C(=O)OC(C)(C)C)CC3)c2)c2cc[nH]c2c1=O. The summed E-state index contributed by atoms with van der Waals surface area (Å²) >= 11 is 0. The molecule has 0 aliphatic carbocycles. The molecule has 1 fully saturated rings. The number of carbonyl (C=O) groups excluding carboxylic acids is 1. The maximum Gasteiger partial charge on any atom is 0.410 e. The molecule has 9 nitrogen and oxygen atoms in total. The Morgan fingerprint density at radius 2 is 1.80 bits per heavy atom. The van der Waals surface area contributed by atoms with Crippen LogP contribution in [-0.4, -0.2) is 53.9 Å².